The SMILES string of the molecule is Cn1nc(-c2cc(C=C(Cl)C(=O)Cl)c(Cl)cc2F)c(Cl)c1C(F)(F)F. The summed E-state index contributed by atoms with van der Waals surface area (Å²) in [6.45, 7) is 0. The Hall–Kier alpha value is -1.28. The van der Waals surface area contributed by atoms with Crippen molar-refractivity contribution in [3.05, 3.63) is 44.3 Å². The van der Waals surface area contributed by atoms with Crippen LogP contribution in [0.1, 0.15) is 11.3 Å². The van der Waals surface area contributed by atoms with Crippen LogP contribution in [0, 0.1) is 5.82 Å². The zero-order valence-corrected chi connectivity index (χ0v) is 15.1. The van der Waals surface area contributed by atoms with E-state index in [9.17, 15) is 22.4 Å². The van der Waals surface area contributed by atoms with Crippen LogP contribution in [0.5, 0.6) is 0 Å². The number of halogens is 8. The lowest BCUT2D eigenvalue weighted by atomic mass is 10.1. The summed E-state index contributed by atoms with van der Waals surface area (Å²) >= 11 is 22.4. The van der Waals surface area contributed by atoms with E-state index in [-0.39, 0.29) is 16.1 Å². The highest BCUT2D eigenvalue weighted by molar-refractivity contribution is 6.74. The Labute approximate surface area is 158 Å². The first-order valence-corrected chi connectivity index (χ1v) is 7.80. The van der Waals surface area contributed by atoms with Crippen LogP contribution in [0.3, 0.4) is 0 Å². The van der Waals surface area contributed by atoms with Gasteiger partial charge in [-0.3, -0.25) is 9.48 Å². The molecule has 0 aliphatic rings. The van der Waals surface area contributed by atoms with E-state index in [1.165, 1.54) is 0 Å². The molecule has 1 heterocycles. The van der Waals surface area contributed by atoms with Crippen LogP contribution in [0.25, 0.3) is 17.3 Å². The number of hydrogen-bond acceptors (Lipinski definition) is 2. The number of alkyl halides is 3. The first-order valence-electron chi connectivity index (χ1n) is 6.29. The predicted molar refractivity (Wildman–Crippen MR) is 88.3 cm³/mol. The van der Waals surface area contributed by atoms with Crippen LogP contribution < -0.4 is 0 Å². The number of carbonyl (C=O) groups is 1. The minimum absolute atomic E-state index is 0.0485. The summed E-state index contributed by atoms with van der Waals surface area (Å²) in [6.07, 6.45) is -3.74. The standard InChI is InChI=1S/C14H6Cl4F4N2O/c1-24-12(14(20,21)22)10(17)11(23-24)6-2-5(3-8(16)13(18)25)7(15)4-9(6)19/h2-4H,1H3. The second-order valence-corrected chi connectivity index (χ2v) is 6.29. The Balaban J connectivity index is 2.69. The third-order valence-electron chi connectivity index (χ3n) is 3.07. The Bertz CT molecular complexity index is 890. The van der Waals surface area contributed by atoms with Gasteiger partial charge in [-0.1, -0.05) is 34.8 Å². The summed E-state index contributed by atoms with van der Waals surface area (Å²) in [5.74, 6) is -0.954. The topological polar surface area (TPSA) is 34.9 Å². The summed E-state index contributed by atoms with van der Waals surface area (Å²) < 4.78 is 53.7. The van der Waals surface area contributed by atoms with Gasteiger partial charge in [-0.05, 0) is 35.4 Å². The molecule has 134 valence electrons. The molecule has 0 radical (unpaired) electrons. The van der Waals surface area contributed by atoms with Gasteiger partial charge in [0.15, 0.2) is 5.69 Å². The van der Waals surface area contributed by atoms with Crippen molar-refractivity contribution in [1.29, 1.82) is 0 Å². The predicted octanol–water partition coefficient (Wildman–Crippen LogP) is 5.90. The molecule has 0 spiro atoms. The van der Waals surface area contributed by atoms with Gasteiger partial charge in [0.2, 0.25) is 0 Å². The Morgan fingerprint density at radius 3 is 2.32 bits per heavy atom. The quantitative estimate of drug-likeness (QED) is 0.342. The molecule has 0 saturated carbocycles. The van der Waals surface area contributed by atoms with E-state index < -0.39 is 38.7 Å². The van der Waals surface area contributed by atoms with Crippen molar-refractivity contribution in [2.24, 2.45) is 7.05 Å². The summed E-state index contributed by atoms with van der Waals surface area (Å²) in [5.41, 5.74) is -1.97. The minimum atomic E-state index is -4.78. The van der Waals surface area contributed by atoms with E-state index >= 15 is 0 Å². The molecule has 2 aromatic rings. The summed E-state index contributed by atoms with van der Waals surface area (Å²) in [6, 6.07) is 1.90. The number of nitrogens with zero attached hydrogens (tertiary/aromatic N) is 2. The van der Waals surface area contributed by atoms with Crippen molar-refractivity contribution in [2.45, 2.75) is 6.18 Å². The van der Waals surface area contributed by atoms with Gasteiger partial charge in [0.25, 0.3) is 5.24 Å². The summed E-state index contributed by atoms with van der Waals surface area (Å²) in [5, 5.41) is 1.32. The van der Waals surface area contributed by atoms with Crippen molar-refractivity contribution in [2.75, 3.05) is 0 Å². The van der Waals surface area contributed by atoms with Crippen LogP contribution in [-0.4, -0.2) is 15.0 Å². The molecule has 0 amide bonds. The fraction of sp³-hybridized carbons (Fsp3) is 0.143. The third-order valence-corrected chi connectivity index (χ3v) is 4.34. The molecule has 0 fully saturated rings. The number of allylic oxidation sites excluding steroid dienone is 1. The van der Waals surface area contributed by atoms with Crippen LogP contribution in [-0.2, 0) is 18.0 Å². The Kier molecular flexibility index (Phi) is 5.73. The number of rotatable bonds is 3. The zero-order valence-electron chi connectivity index (χ0n) is 12.1. The van der Waals surface area contributed by atoms with Crippen LogP contribution in [0.15, 0.2) is 17.2 Å². The lowest BCUT2D eigenvalue weighted by Crippen LogP contribution is -2.12. The Morgan fingerprint density at radius 2 is 1.84 bits per heavy atom. The Morgan fingerprint density at radius 1 is 1.24 bits per heavy atom. The number of benzene rings is 1. The summed E-state index contributed by atoms with van der Waals surface area (Å²) in [4.78, 5) is 11.0. The largest absolute Gasteiger partial charge is 0.434 e. The molecule has 0 unspecified atom stereocenters. The molecule has 0 saturated heterocycles. The van der Waals surface area contributed by atoms with Gasteiger partial charge >= 0.3 is 6.18 Å². The number of carbonyl (C=O) groups excluding carboxylic acids is 1. The van der Waals surface area contributed by atoms with E-state index in [1.54, 1.807) is 0 Å². The second kappa shape index (κ2) is 7.15. The van der Waals surface area contributed by atoms with Crippen molar-refractivity contribution < 1.29 is 22.4 Å². The minimum Gasteiger partial charge on any atom is -0.275 e. The van der Waals surface area contributed by atoms with E-state index in [1.807, 2.05) is 0 Å². The lowest BCUT2D eigenvalue weighted by Gasteiger charge is -2.07. The average Bonchev–Trinajstić information content (AvgIpc) is 2.76. The maximum Gasteiger partial charge on any atom is 0.434 e. The molecule has 3 nitrogen and oxygen atoms in total. The molecule has 1 aromatic heterocycles. The molecule has 0 aliphatic heterocycles. The van der Waals surface area contributed by atoms with Gasteiger partial charge in [0.1, 0.15) is 16.5 Å². The molecular formula is C14H6Cl4F4N2O. The van der Waals surface area contributed by atoms with E-state index in [0.717, 1.165) is 25.3 Å². The molecule has 0 N–H and O–H groups in total. The average molecular weight is 436 g/mol. The van der Waals surface area contributed by atoms with Gasteiger partial charge in [-0.15, -0.1) is 0 Å². The highest BCUT2D eigenvalue weighted by atomic mass is 35.5. The van der Waals surface area contributed by atoms with Gasteiger partial charge in [0, 0.05) is 12.6 Å². The first-order chi connectivity index (χ1) is 11.4. The summed E-state index contributed by atoms with van der Waals surface area (Å²) in [7, 11) is 1.02. The van der Waals surface area contributed by atoms with E-state index in [0.29, 0.717) is 4.68 Å². The molecule has 2 rings (SSSR count). The van der Waals surface area contributed by atoms with Gasteiger partial charge in [0.05, 0.1) is 10.0 Å². The molecule has 0 aliphatic carbocycles. The molecule has 11 heteroatoms. The van der Waals surface area contributed by atoms with Crippen molar-refractivity contribution >= 4 is 57.7 Å². The number of hydrogen-bond donors (Lipinski definition) is 0. The van der Waals surface area contributed by atoms with Crippen molar-refractivity contribution in [3.8, 4) is 11.3 Å². The smallest absolute Gasteiger partial charge is 0.275 e. The van der Waals surface area contributed by atoms with Gasteiger partial charge in [-0.2, -0.15) is 18.3 Å². The van der Waals surface area contributed by atoms with E-state index in [2.05, 4.69) is 5.10 Å². The molecule has 1 aromatic carbocycles. The van der Waals surface area contributed by atoms with Crippen LogP contribution in [0.4, 0.5) is 17.6 Å². The highest BCUT2D eigenvalue weighted by Gasteiger charge is 2.39. The van der Waals surface area contributed by atoms with Crippen LogP contribution in [0.2, 0.25) is 10.0 Å². The van der Waals surface area contributed by atoms with Crippen molar-refractivity contribution in [1.82, 2.24) is 9.78 Å². The molecule has 0 atom stereocenters. The maximum absolute atomic E-state index is 14.2. The number of aromatic nitrogens is 2. The zero-order chi connectivity index (χ0) is 19.1. The monoisotopic (exact) mass is 434 g/mol. The third kappa shape index (κ3) is 4.11. The number of aryl methyl sites for hydroxylation is 1. The van der Waals surface area contributed by atoms with Gasteiger partial charge < -0.3 is 0 Å². The maximum atomic E-state index is 14.2. The van der Waals surface area contributed by atoms with Gasteiger partial charge in [-0.25, -0.2) is 4.39 Å². The normalized spacial score (nSPS) is 12.6. The molecular weight excluding hydrogens is 430 g/mol. The highest BCUT2D eigenvalue weighted by Crippen LogP contribution is 2.41. The molecule has 25 heavy (non-hydrogen) atoms. The van der Waals surface area contributed by atoms with E-state index in [4.69, 9.17) is 46.4 Å². The molecule has 0 bridgehead atoms. The first kappa shape index (κ1) is 20.0. The fourth-order valence-corrected chi connectivity index (χ4v) is 2.78. The lowest BCUT2D eigenvalue weighted by molar-refractivity contribution is -0.143. The van der Waals surface area contributed by atoms with Crippen LogP contribution >= 0.6 is 46.4 Å². The fourth-order valence-electron chi connectivity index (χ4n) is 2.03. The second-order valence-electron chi connectivity index (χ2n) is 4.75. The van der Waals surface area contributed by atoms with Crippen molar-refractivity contribution in [3.63, 3.8) is 0 Å².